The first-order valence-electron chi connectivity index (χ1n) is 8.69. The van der Waals surface area contributed by atoms with E-state index in [0.717, 1.165) is 0 Å². The van der Waals surface area contributed by atoms with Crippen molar-refractivity contribution in [3.8, 4) is 0 Å². The van der Waals surface area contributed by atoms with E-state index >= 15 is 0 Å². The van der Waals surface area contributed by atoms with Crippen LogP contribution in [0, 0.1) is 10.8 Å². The molecule has 26 heavy (non-hydrogen) atoms. The van der Waals surface area contributed by atoms with E-state index in [1.165, 1.54) is 0 Å². The van der Waals surface area contributed by atoms with Gasteiger partial charge >= 0.3 is 18.5 Å². The average Bonchev–Trinajstić information content (AvgIpc) is 2.62. The van der Waals surface area contributed by atoms with E-state index in [-0.39, 0.29) is 26.4 Å². The van der Waals surface area contributed by atoms with Crippen molar-refractivity contribution in [2.75, 3.05) is 26.4 Å². The molecule has 2 heterocycles. The predicted molar refractivity (Wildman–Crippen MR) is 86.5 cm³/mol. The highest BCUT2D eigenvalue weighted by atomic mass is 16.8. The Labute approximate surface area is 152 Å². The van der Waals surface area contributed by atoms with Gasteiger partial charge in [-0.05, 0) is 26.7 Å². The van der Waals surface area contributed by atoms with Gasteiger partial charge in [-0.15, -0.1) is 0 Å². The van der Waals surface area contributed by atoms with Crippen LogP contribution in [0.3, 0.4) is 0 Å². The van der Waals surface area contributed by atoms with Crippen LogP contribution in [-0.4, -0.2) is 57.1 Å². The second-order valence-corrected chi connectivity index (χ2v) is 7.24. The van der Waals surface area contributed by atoms with Crippen molar-refractivity contribution in [1.82, 2.24) is 0 Å². The highest BCUT2D eigenvalue weighted by Gasteiger charge is 2.45. The maximum absolute atomic E-state index is 12.0. The molecule has 0 saturated carbocycles. The number of carbonyl (C=O) groups excluding carboxylic acids is 3. The lowest BCUT2D eigenvalue weighted by Gasteiger charge is -2.39. The van der Waals surface area contributed by atoms with Crippen molar-refractivity contribution >= 4 is 18.5 Å². The second-order valence-electron chi connectivity index (χ2n) is 7.24. The first-order chi connectivity index (χ1) is 12.2. The number of hydrogen-bond donors (Lipinski definition) is 0. The molecule has 0 bridgehead atoms. The topological polar surface area (TPSA) is 107 Å². The summed E-state index contributed by atoms with van der Waals surface area (Å²) in [6, 6.07) is 0. The van der Waals surface area contributed by atoms with E-state index in [1.807, 2.05) is 27.7 Å². The van der Waals surface area contributed by atoms with Gasteiger partial charge in [-0.3, -0.25) is 0 Å². The van der Waals surface area contributed by atoms with Crippen LogP contribution >= 0.6 is 0 Å². The summed E-state index contributed by atoms with van der Waals surface area (Å²) in [7, 11) is 0. The molecule has 2 fully saturated rings. The molecule has 2 aliphatic rings. The van der Waals surface area contributed by atoms with Gasteiger partial charge in [0.05, 0.1) is 10.8 Å². The van der Waals surface area contributed by atoms with Crippen LogP contribution in [0.25, 0.3) is 0 Å². The van der Waals surface area contributed by atoms with Crippen LogP contribution < -0.4 is 0 Å². The van der Waals surface area contributed by atoms with Gasteiger partial charge in [0.2, 0.25) is 0 Å². The summed E-state index contributed by atoms with van der Waals surface area (Å²) in [5.74, 6) is 0. The Hall–Kier alpha value is -2.19. The third kappa shape index (κ3) is 4.50. The number of cyclic esters (lactones) is 4. The van der Waals surface area contributed by atoms with Crippen molar-refractivity contribution in [2.45, 2.75) is 52.7 Å². The average molecular weight is 374 g/mol. The number of rotatable bonds is 6. The molecule has 0 spiro atoms. The van der Waals surface area contributed by atoms with E-state index in [4.69, 9.17) is 28.4 Å². The van der Waals surface area contributed by atoms with Crippen molar-refractivity contribution in [3.05, 3.63) is 0 Å². The molecule has 9 heteroatoms. The maximum atomic E-state index is 12.0. The van der Waals surface area contributed by atoms with Crippen molar-refractivity contribution in [2.24, 2.45) is 10.8 Å². The molecule has 0 aromatic rings. The van der Waals surface area contributed by atoms with Crippen LogP contribution in [-0.2, 0) is 28.4 Å². The van der Waals surface area contributed by atoms with Gasteiger partial charge in [-0.2, -0.15) is 0 Å². The first-order valence-corrected chi connectivity index (χ1v) is 8.69. The van der Waals surface area contributed by atoms with Crippen molar-refractivity contribution in [3.63, 3.8) is 0 Å². The second kappa shape index (κ2) is 8.01. The van der Waals surface area contributed by atoms with Crippen molar-refractivity contribution < 1.29 is 42.8 Å². The Morgan fingerprint density at radius 3 is 1.65 bits per heavy atom. The summed E-state index contributed by atoms with van der Waals surface area (Å²) in [5, 5.41) is 0. The molecule has 0 aromatic heterocycles. The monoisotopic (exact) mass is 374 g/mol. The molecule has 0 N–H and O–H groups in total. The van der Waals surface area contributed by atoms with Crippen LogP contribution in [0.1, 0.15) is 40.5 Å². The molecule has 2 rings (SSSR count). The zero-order chi connectivity index (χ0) is 19.4. The fraction of sp³-hybridized carbons (Fsp3) is 0.824. The van der Waals surface area contributed by atoms with Gasteiger partial charge in [0, 0.05) is 0 Å². The Bertz CT molecular complexity index is 502. The highest BCUT2D eigenvalue weighted by molar-refractivity contribution is 5.62. The highest BCUT2D eigenvalue weighted by Crippen LogP contribution is 2.33. The van der Waals surface area contributed by atoms with Gasteiger partial charge in [0.25, 0.3) is 0 Å². The fourth-order valence-corrected chi connectivity index (χ4v) is 3.13. The Kier molecular flexibility index (Phi) is 6.20. The maximum Gasteiger partial charge on any atom is 0.508 e. The molecule has 2 saturated heterocycles. The van der Waals surface area contributed by atoms with Crippen molar-refractivity contribution in [1.29, 1.82) is 0 Å². The van der Waals surface area contributed by atoms with Gasteiger partial charge in [0.15, 0.2) is 0 Å². The zero-order valence-corrected chi connectivity index (χ0v) is 15.6. The minimum absolute atomic E-state index is 0.0168. The molecule has 9 nitrogen and oxygen atoms in total. The Morgan fingerprint density at radius 1 is 0.923 bits per heavy atom. The first kappa shape index (κ1) is 20.1. The lowest BCUT2D eigenvalue weighted by atomic mass is 9.83. The third-order valence-electron chi connectivity index (χ3n) is 4.85. The molecule has 2 aliphatic heterocycles. The largest absolute Gasteiger partial charge is 0.508 e. The molecule has 4 atom stereocenters. The summed E-state index contributed by atoms with van der Waals surface area (Å²) in [4.78, 5) is 34.4. The SMILES string of the molecule is CCC1OC(=O)OCC1(C)COC(=O)OCC1(C)COC(=O)OC1CC. The molecule has 4 unspecified atom stereocenters. The van der Waals surface area contributed by atoms with Crippen LogP contribution in [0.15, 0.2) is 0 Å². The van der Waals surface area contributed by atoms with Crippen LogP contribution in [0.2, 0.25) is 0 Å². The number of hydrogen-bond acceptors (Lipinski definition) is 9. The quantitative estimate of drug-likeness (QED) is 0.512. The number of ether oxygens (including phenoxy) is 6. The predicted octanol–water partition coefficient (Wildman–Crippen LogP) is 3.04. The molecule has 0 radical (unpaired) electrons. The molecule has 0 aliphatic carbocycles. The minimum atomic E-state index is -0.856. The zero-order valence-electron chi connectivity index (χ0n) is 15.6. The number of carbonyl (C=O) groups is 3. The van der Waals surface area contributed by atoms with Crippen LogP contribution in [0.5, 0.6) is 0 Å². The summed E-state index contributed by atoms with van der Waals surface area (Å²) in [6.07, 6.45) is -1.98. The summed E-state index contributed by atoms with van der Waals surface area (Å²) in [6.45, 7) is 7.52. The summed E-state index contributed by atoms with van der Waals surface area (Å²) in [5.41, 5.74) is -1.30. The normalized spacial score (nSPS) is 34.0. The smallest absolute Gasteiger partial charge is 0.433 e. The lowest BCUT2D eigenvalue weighted by Crippen LogP contribution is -2.49. The minimum Gasteiger partial charge on any atom is -0.433 e. The van der Waals surface area contributed by atoms with E-state index in [2.05, 4.69) is 0 Å². The molecule has 0 amide bonds. The van der Waals surface area contributed by atoms with Gasteiger partial charge in [-0.25, -0.2) is 14.4 Å². The van der Waals surface area contributed by atoms with Gasteiger partial charge in [-0.1, -0.05) is 13.8 Å². The molecule has 0 aromatic carbocycles. The van der Waals surface area contributed by atoms with Crippen LogP contribution in [0.4, 0.5) is 14.4 Å². The summed E-state index contributed by atoms with van der Waals surface area (Å²) >= 11 is 0. The summed E-state index contributed by atoms with van der Waals surface area (Å²) < 4.78 is 30.5. The third-order valence-corrected chi connectivity index (χ3v) is 4.85. The standard InChI is InChI=1S/C17H26O9/c1-5-11-16(3,9-23-14(19)25-11)7-21-13(18)22-8-17(4)10-24-15(20)26-12(17)6-2/h11-12H,5-10H2,1-4H3. The van der Waals surface area contributed by atoms with Gasteiger partial charge < -0.3 is 28.4 Å². The van der Waals surface area contributed by atoms with Gasteiger partial charge in [0.1, 0.15) is 38.6 Å². The Balaban J connectivity index is 1.85. The van der Waals surface area contributed by atoms with E-state index in [1.54, 1.807) is 0 Å². The molecule has 148 valence electrons. The van der Waals surface area contributed by atoms with E-state index < -0.39 is 41.5 Å². The lowest BCUT2D eigenvalue weighted by molar-refractivity contribution is -0.136. The molecular weight excluding hydrogens is 348 g/mol. The van der Waals surface area contributed by atoms with E-state index in [0.29, 0.717) is 12.8 Å². The Morgan fingerprint density at radius 2 is 1.31 bits per heavy atom. The van der Waals surface area contributed by atoms with E-state index in [9.17, 15) is 14.4 Å². The fourth-order valence-electron chi connectivity index (χ4n) is 3.13. The molecular formula is C17H26O9.